The Balaban J connectivity index is 1.26. The van der Waals surface area contributed by atoms with Crippen LogP contribution < -0.4 is 10.6 Å². The number of aromatic nitrogens is 3. The standard InChI is InChI=1S/C26H25F3N6O2/c1-15(36)35-12-18(13-35)32-25(37)16-4-5-20(28)19(9-16)22-6-7-23(34-33-22)31-14-26(10-17(27)11-26)24-21(29)3-2-8-30-24/h2-9,17-18H,10-14H2,1H3,(H,31,34)(H,32,37). The number of rotatable bonds is 7. The molecular weight excluding hydrogens is 485 g/mol. The predicted octanol–water partition coefficient (Wildman–Crippen LogP) is 3.26. The van der Waals surface area contributed by atoms with Crippen LogP contribution in [0.4, 0.5) is 19.0 Å². The quantitative estimate of drug-likeness (QED) is 0.506. The number of hydrogen-bond donors (Lipinski definition) is 2. The first-order chi connectivity index (χ1) is 17.7. The van der Waals surface area contributed by atoms with Crippen molar-refractivity contribution < 1.29 is 22.8 Å². The van der Waals surface area contributed by atoms with Crippen LogP contribution in [-0.2, 0) is 10.2 Å². The molecular formula is C26H25F3N6O2. The van der Waals surface area contributed by atoms with Gasteiger partial charge in [-0.25, -0.2) is 13.2 Å². The minimum absolute atomic E-state index is 0.0514. The van der Waals surface area contributed by atoms with E-state index < -0.39 is 23.2 Å². The van der Waals surface area contributed by atoms with Crippen molar-refractivity contribution in [3.05, 3.63) is 71.6 Å². The van der Waals surface area contributed by atoms with Crippen LogP contribution in [-0.4, -0.2) is 63.7 Å². The maximum Gasteiger partial charge on any atom is 0.251 e. The first kappa shape index (κ1) is 24.7. The Morgan fingerprint density at radius 3 is 2.51 bits per heavy atom. The van der Waals surface area contributed by atoms with Gasteiger partial charge in [-0.1, -0.05) is 0 Å². The molecule has 2 N–H and O–H groups in total. The molecule has 192 valence electrons. The molecule has 2 aromatic heterocycles. The van der Waals surface area contributed by atoms with E-state index in [-0.39, 0.29) is 59.8 Å². The summed E-state index contributed by atoms with van der Waals surface area (Å²) in [5.41, 5.74) is 0.0145. The predicted molar refractivity (Wildman–Crippen MR) is 129 cm³/mol. The van der Waals surface area contributed by atoms with E-state index in [1.807, 2.05) is 0 Å². The van der Waals surface area contributed by atoms with Gasteiger partial charge in [-0.15, -0.1) is 10.2 Å². The summed E-state index contributed by atoms with van der Waals surface area (Å²) in [4.78, 5) is 29.7. The Morgan fingerprint density at radius 1 is 1.08 bits per heavy atom. The molecule has 0 radical (unpaired) electrons. The molecule has 2 aliphatic rings. The van der Waals surface area contributed by atoms with E-state index in [2.05, 4.69) is 25.8 Å². The van der Waals surface area contributed by atoms with E-state index in [0.29, 0.717) is 18.9 Å². The Bertz CT molecular complexity index is 1320. The molecule has 2 amide bonds. The van der Waals surface area contributed by atoms with Crippen molar-refractivity contribution in [3.63, 3.8) is 0 Å². The topological polar surface area (TPSA) is 100 Å². The SMILES string of the molecule is CC(=O)N1CC(NC(=O)c2ccc(F)c(-c3ccc(NCC4(c5ncccc5F)CC(F)C4)nn3)c2)C1. The Morgan fingerprint density at radius 2 is 1.86 bits per heavy atom. The number of amides is 2. The molecule has 1 saturated heterocycles. The summed E-state index contributed by atoms with van der Waals surface area (Å²) in [5, 5.41) is 14.1. The van der Waals surface area contributed by atoms with Crippen molar-refractivity contribution in [2.24, 2.45) is 0 Å². The highest BCUT2D eigenvalue weighted by Crippen LogP contribution is 2.45. The third kappa shape index (κ3) is 4.98. The Hall–Kier alpha value is -4.02. The van der Waals surface area contributed by atoms with Gasteiger partial charge < -0.3 is 15.5 Å². The van der Waals surface area contributed by atoms with Crippen LogP contribution in [0.2, 0.25) is 0 Å². The molecule has 1 aliphatic heterocycles. The lowest BCUT2D eigenvalue weighted by atomic mass is 9.65. The first-order valence-electron chi connectivity index (χ1n) is 11.9. The molecule has 1 aliphatic carbocycles. The number of alkyl halides is 1. The van der Waals surface area contributed by atoms with Crippen molar-refractivity contribution in [1.82, 2.24) is 25.4 Å². The van der Waals surface area contributed by atoms with Crippen LogP contribution in [0.3, 0.4) is 0 Å². The van der Waals surface area contributed by atoms with Gasteiger partial charge in [0.05, 0.1) is 17.4 Å². The van der Waals surface area contributed by atoms with E-state index >= 15 is 0 Å². The van der Waals surface area contributed by atoms with Crippen molar-refractivity contribution in [2.75, 3.05) is 25.0 Å². The maximum absolute atomic E-state index is 14.6. The number of nitrogens with zero attached hydrogens (tertiary/aromatic N) is 4. The van der Waals surface area contributed by atoms with Crippen molar-refractivity contribution in [1.29, 1.82) is 0 Å². The number of carbonyl (C=O) groups is 2. The average molecular weight is 511 g/mol. The lowest BCUT2D eigenvalue weighted by Gasteiger charge is -2.44. The lowest BCUT2D eigenvalue weighted by molar-refractivity contribution is -0.133. The van der Waals surface area contributed by atoms with E-state index in [1.165, 1.54) is 43.5 Å². The number of likely N-dealkylation sites (tertiary alicyclic amines) is 1. The molecule has 0 spiro atoms. The second-order valence-electron chi connectivity index (χ2n) is 9.57. The molecule has 0 atom stereocenters. The highest BCUT2D eigenvalue weighted by atomic mass is 19.1. The fourth-order valence-corrected chi connectivity index (χ4v) is 4.77. The average Bonchev–Trinajstić information content (AvgIpc) is 2.84. The van der Waals surface area contributed by atoms with E-state index in [1.54, 1.807) is 17.0 Å². The van der Waals surface area contributed by atoms with Crippen LogP contribution in [0.5, 0.6) is 0 Å². The normalized spacial score (nSPS) is 21.1. The smallest absolute Gasteiger partial charge is 0.251 e. The number of pyridine rings is 1. The van der Waals surface area contributed by atoms with E-state index in [4.69, 9.17) is 0 Å². The molecule has 5 rings (SSSR count). The molecule has 3 aromatic rings. The summed E-state index contributed by atoms with van der Waals surface area (Å²) < 4.78 is 42.7. The minimum Gasteiger partial charge on any atom is -0.368 e. The molecule has 1 saturated carbocycles. The number of carbonyl (C=O) groups excluding carboxylic acids is 2. The highest BCUT2D eigenvalue weighted by molar-refractivity contribution is 5.95. The zero-order valence-corrected chi connectivity index (χ0v) is 20.0. The van der Waals surface area contributed by atoms with E-state index in [0.717, 1.165) is 0 Å². The van der Waals surface area contributed by atoms with Crippen molar-refractivity contribution in [3.8, 4) is 11.3 Å². The van der Waals surface area contributed by atoms with Gasteiger partial charge >= 0.3 is 0 Å². The number of hydrogen-bond acceptors (Lipinski definition) is 6. The summed E-state index contributed by atoms with van der Waals surface area (Å²) in [6, 6.07) is 9.76. The summed E-state index contributed by atoms with van der Waals surface area (Å²) in [5.74, 6) is -1.11. The molecule has 8 nitrogen and oxygen atoms in total. The molecule has 3 heterocycles. The number of nitrogens with one attached hydrogen (secondary N) is 2. The third-order valence-corrected chi connectivity index (χ3v) is 6.92. The van der Waals surface area contributed by atoms with Crippen LogP contribution in [0.15, 0.2) is 48.7 Å². The summed E-state index contributed by atoms with van der Waals surface area (Å²) in [6.45, 7) is 2.56. The number of anilines is 1. The van der Waals surface area contributed by atoms with Gasteiger partial charge in [-0.05, 0) is 55.3 Å². The second-order valence-corrected chi connectivity index (χ2v) is 9.57. The van der Waals surface area contributed by atoms with Crippen LogP contribution >= 0.6 is 0 Å². The van der Waals surface area contributed by atoms with Gasteiger partial charge in [0.15, 0.2) is 0 Å². The van der Waals surface area contributed by atoms with Gasteiger partial charge in [-0.2, -0.15) is 0 Å². The molecule has 0 bridgehead atoms. The number of halogens is 3. The summed E-state index contributed by atoms with van der Waals surface area (Å²) in [7, 11) is 0. The zero-order valence-electron chi connectivity index (χ0n) is 20.0. The van der Waals surface area contributed by atoms with Crippen molar-refractivity contribution >= 4 is 17.6 Å². The third-order valence-electron chi connectivity index (χ3n) is 6.92. The first-order valence-corrected chi connectivity index (χ1v) is 11.9. The van der Waals surface area contributed by atoms with Gasteiger partial charge in [0, 0.05) is 49.3 Å². The lowest BCUT2D eigenvalue weighted by Crippen LogP contribution is -2.60. The molecule has 0 unspecified atom stereocenters. The Labute approximate surface area is 211 Å². The molecule has 1 aromatic carbocycles. The van der Waals surface area contributed by atoms with E-state index in [9.17, 15) is 22.8 Å². The molecule has 37 heavy (non-hydrogen) atoms. The summed E-state index contributed by atoms with van der Waals surface area (Å²) in [6.07, 6.45) is 0.748. The van der Waals surface area contributed by atoms with Gasteiger partial charge in [-0.3, -0.25) is 14.6 Å². The second kappa shape index (κ2) is 9.79. The van der Waals surface area contributed by atoms with Crippen LogP contribution in [0.25, 0.3) is 11.3 Å². The zero-order chi connectivity index (χ0) is 26.2. The van der Waals surface area contributed by atoms with Gasteiger partial charge in [0.25, 0.3) is 5.91 Å². The van der Waals surface area contributed by atoms with Crippen molar-refractivity contribution in [2.45, 2.75) is 37.4 Å². The fraction of sp³-hybridized carbons (Fsp3) is 0.346. The highest BCUT2D eigenvalue weighted by Gasteiger charge is 2.48. The Kier molecular flexibility index (Phi) is 6.53. The molecule has 2 fully saturated rings. The van der Waals surface area contributed by atoms with Gasteiger partial charge in [0.2, 0.25) is 5.91 Å². The molecule has 11 heteroatoms. The fourth-order valence-electron chi connectivity index (χ4n) is 4.77. The van der Waals surface area contributed by atoms with Crippen LogP contribution in [0.1, 0.15) is 35.8 Å². The minimum atomic E-state index is -1.03. The maximum atomic E-state index is 14.6. The van der Waals surface area contributed by atoms with Gasteiger partial charge in [0.1, 0.15) is 23.6 Å². The number of benzene rings is 1. The summed E-state index contributed by atoms with van der Waals surface area (Å²) >= 11 is 0. The monoisotopic (exact) mass is 510 g/mol. The van der Waals surface area contributed by atoms with Crippen LogP contribution in [0, 0.1) is 11.6 Å². The largest absolute Gasteiger partial charge is 0.368 e.